The molecule has 2 aromatic rings. The molecule has 0 bridgehead atoms. The topological polar surface area (TPSA) is 67.9 Å². The molecule has 0 unspecified atom stereocenters. The molecule has 31 heavy (non-hydrogen) atoms. The average molecular weight is 501 g/mol. The first-order valence-electron chi connectivity index (χ1n) is 9.57. The number of hydrogen-bond acceptors (Lipinski definition) is 5. The number of halogens is 1. The molecule has 0 spiro atoms. The predicted molar refractivity (Wildman–Crippen MR) is 127 cm³/mol. The van der Waals surface area contributed by atoms with Crippen molar-refractivity contribution in [2.24, 2.45) is 0 Å². The molecule has 1 N–H and O–H groups in total. The molecule has 6 nitrogen and oxygen atoms in total. The van der Waals surface area contributed by atoms with Crippen molar-refractivity contribution >= 4 is 51.2 Å². The highest BCUT2D eigenvalue weighted by molar-refractivity contribution is 9.10. The third kappa shape index (κ3) is 5.39. The highest BCUT2D eigenvalue weighted by atomic mass is 79.9. The number of benzene rings is 2. The maximum Gasteiger partial charge on any atom is 0.265 e. The van der Waals surface area contributed by atoms with Crippen molar-refractivity contribution in [2.75, 3.05) is 13.2 Å². The second-order valence-electron chi connectivity index (χ2n) is 6.56. The molecule has 1 heterocycles. The monoisotopic (exact) mass is 500 g/mol. The molecule has 0 saturated carbocycles. The van der Waals surface area contributed by atoms with E-state index in [0.717, 1.165) is 5.56 Å². The number of amides is 2. The van der Waals surface area contributed by atoms with Gasteiger partial charge < -0.3 is 9.47 Å². The van der Waals surface area contributed by atoms with Gasteiger partial charge in [-0.3, -0.25) is 19.8 Å². The van der Waals surface area contributed by atoms with E-state index in [2.05, 4.69) is 27.8 Å². The lowest BCUT2D eigenvalue weighted by Gasteiger charge is -2.27. The Balaban J connectivity index is 1.92. The van der Waals surface area contributed by atoms with Crippen LogP contribution in [0, 0.1) is 0 Å². The van der Waals surface area contributed by atoms with Gasteiger partial charge in [-0.1, -0.05) is 36.4 Å². The lowest BCUT2D eigenvalue weighted by Crippen LogP contribution is -2.53. The summed E-state index contributed by atoms with van der Waals surface area (Å²) in [5.74, 6) is 0.0180. The van der Waals surface area contributed by atoms with Crippen LogP contribution in [-0.2, 0) is 16.2 Å². The van der Waals surface area contributed by atoms with Crippen molar-refractivity contribution in [3.05, 3.63) is 76.3 Å². The van der Waals surface area contributed by atoms with Crippen LogP contribution in [0.5, 0.6) is 11.5 Å². The summed E-state index contributed by atoms with van der Waals surface area (Å²) in [4.78, 5) is 26.4. The van der Waals surface area contributed by atoms with Gasteiger partial charge in [0.2, 0.25) is 0 Å². The molecule has 0 atom stereocenters. The van der Waals surface area contributed by atoms with Gasteiger partial charge in [0.05, 0.1) is 11.1 Å². The standard InChI is InChI=1S/C23H21BrN2O4S/c1-3-10-26-22(28)17(21(27)25-23(26)31)11-16-12-18(24)20(19(13-16)29-4-2)30-14-15-8-6-5-7-9-15/h3,5-9,11-13H,1,4,10,14H2,2H3,(H,25,27,31). The van der Waals surface area contributed by atoms with Crippen LogP contribution in [0.3, 0.4) is 0 Å². The van der Waals surface area contributed by atoms with E-state index >= 15 is 0 Å². The summed E-state index contributed by atoms with van der Waals surface area (Å²) in [6.45, 7) is 6.49. The Bertz CT molecular complexity index is 1050. The molecule has 0 aliphatic carbocycles. The predicted octanol–water partition coefficient (Wildman–Crippen LogP) is 4.24. The van der Waals surface area contributed by atoms with Crippen LogP contribution in [0.1, 0.15) is 18.1 Å². The van der Waals surface area contributed by atoms with E-state index in [1.807, 2.05) is 37.3 Å². The molecule has 1 saturated heterocycles. The summed E-state index contributed by atoms with van der Waals surface area (Å²) in [6.07, 6.45) is 3.05. The van der Waals surface area contributed by atoms with Crippen molar-refractivity contribution in [1.82, 2.24) is 10.2 Å². The maximum absolute atomic E-state index is 12.8. The fraction of sp³-hybridized carbons (Fsp3) is 0.174. The molecule has 1 aliphatic heterocycles. The minimum atomic E-state index is -0.547. The smallest absolute Gasteiger partial charge is 0.265 e. The zero-order valence-electron chi connectivity index (χ0n) is 16.9. The Morgan fingerprint density at radius 3 is 2.61 bits per heavy atom. The number of ether oxygens (including phenoxy) is 2. The summed E-state index contributed by atoms with van der Waals surface area (Å²) < 4.78 is 12.4. The Morgan fingerprint density at radius 1 is 1.19 bits per heavy atom. The molecule has 160 valence electrons. The number of nitrogens with one attached hydrogen (secondary N) is 1. The van der Waals surface area contributed by atoms with Crippen LogP contribution in [0.15, 0.2) is 65.2 Å². The van der Waals surface area contributed by atoms with Gasteiger partial charge in [0.1, 0.15) is 12.2 Å². The Labute approximate surface area is 194 Å². The van der Waals surface area contributed by atoms with Gasteiger partial charge in [-0.15, -0.1) is 6.58 Å². The minimum absolute atomic E-state index is 0.0252. The molecule has 0 radical (unpaired) electrons. The molecule has 1 fully saturated rings. The first-order valence-corrected chi connectivity index (χ1v) is 10.8. The molecule has 2 amide bonds. The summed E-state index contributed by atoms with van der Waals surface area (Å²) in [6, 6.07) is 13.3. The Kier molecular flexibility index (Phi) is 7.59. The van der Waals surface area contributed by atoms with Crippen molar-refractivity contribution in [3.8, 4) is 11.5 Å². The van der Waals surface area contributed by atoms with Gasteiger partial charge in [-0.2, -0.15) is 0 Å². The summed E-state index contributed by atoms with van der Waals surface area (Å²) in [7, 11) is 0. The summed E-state index contributed by atoms with van der Waals surface area (Å²) in [5, 5.41) is 2.60. The largest absolute Gasteiger partial charge is 0.490 e. The van der Waals surface area contributed by atoms with Crippen LogP contribution in [0.4, 0.5) is 0 Å². The number of thiocarbonyl (C=S) groups is 1. The van der Waals surface area contributed by atoms with E-state index in [9.17, 15) is 9.59 Å². The van der Waals surface area contributed by atoms with E-state index in [4.69, 9.17) is 21.7 Å². The Morgan fingerprint density at radius 2 is 1.94 bits per heavy atom. The van der Waals surface area contributed by atoms with Crippen LogP contribution in [0.25, 0.3) is 6.08 Å². The van der Waals surface area contributed by atoms with E-state index in [1.165, 1.54) is 11.0 Å². The van der Waals surface area contributed by atoms with Gasteiger partial charge in [0.25, 0.3) is 11.8 Å². The SMILES string of the molecule is C=CCN1C(=O)C(=Cc2cc(Br)c(OCc3ccccc3)c(OCC)c2)C(=O)NC1=S. The fourth-order valence-corrected chi connectivity index (χ4v) is 3.78. The second kappa shape index (κ2) is 10.4. The van der Waals surface area contributed by atoms with Crippen LogP contribution < -0.4 is 14.8 Å². The van der Waals surface area contributed by atoms with E-state index in [1.54, 1.807) is 18.2 Å². The van der Waals surface area contributed by atoms with Gasteiger partial charge in [-0.25, -0.2) is 0 Å². The highest BCUT2D eigenvalue weighted by Gasteiger charge is 2.32. The van der Waals surface area contributed by atoms with Crippen molar-refractivity contribution < 1.29 is 19.1 Å². The number of carbonyl (C=O) groups excluding carboxylic acids is 2. The first kappa shape index (κ1) is 22.7. The second-order valence-corrected chi connectivity index (χ2v) is 7.80. The van der Waals surface area contributed by atoms with Crippen molar-refractivity contribution in [1.29, 1.82) is 0 Å². The molecule has 2 aromatic carbocycles. The van der Waals surface area contributed by atoms with Gasteiger partial charge in [0.15, 0.2) is 16.6 Å². The Hall–Kier alpha value is -2.97. The summed E-state index contributed by atoms with van der Waals surface area (Å²) in [5.41, 5.74) is 1.60. The van der Waals surface area contributed by atoms with Gasteiger partial charge in [0, 0.05) is 6.54 Å². The van der Waals surface area contributed by atoms with Gasteiger partial charge >= 0.3 is 0 Å². The molecule has 3 rings (SSSR count). The normalized spacial score (nSPS) is 15.1. The van der Waals surface area contributed by atoms with E-state index in [0.29, 0.717) is 34.7 Å². The van der Waals surface area contributed by atoms with E-state index in [-0.39, 0.29) is 17.2 Å². The molecular formula is C23H21BrN2O4S. The first-order chi connectivity index (χ1) is 14.9. The van der Waals surface area contributed by atoms with Crippen molar-refractivity contribution in [2.45, 2.75) is 13.5 Å². The quantitative estimate of drug-likeness (QED) is 0.254. The van der Waals surface area contributed by atoms with Crippen LogP contribution >= 0.6 is 28.1 Å². The van der Waals surface area contributed by atoms with Crippen LogP contribution in [0.2, 0.25) is 0 Å². The van der Waals surface area contributed by atoms with Crippen LogP contribution in [-0.4, -0.2) is 35.0 Å². The zero-order chi connectivity index (χ0) is 22.4. The average Bonchev–Trinajstić information content (AvgIpc) is 2.74. The minimum Gasteiger partial charge on any atom is -0.490 e. The lowest BCUT2D eigenvalue weighted by atomic mass is 10.1. The molecule has 0 aromatic heterocycles. The highest BCUT2D eigenvalue weighted by Crippen LogP contribution is 2.38. The molecule has 1 aliphatic rings. The third-order valence-electron chi connectivity index (χ3n) is 4.37. The van der Waals surface area contributed by atoms with Gasteiger partial charge in [-0.05, 0) is 64.4 Å². The molecule has 8 heteroatoms. The van der Waals surface area contributed by atoms with E-state index < -0.39 is 11.8 Å². The number of nitrogens with zero attached hydrogens (tertiary/aromatic N) is 1. The van der Waals surface area contributed by atoms with Crippen molar-refractivity contribution in [3.63, 3.8) is 0 Å². The fourth-order valence-electron chi connectivity index (χ4n) is 2.96. The molecular weight excluding hydrogens is 480 g/mol. The number of carbonyl (C=O) groups is 2. The maximum atomic E-state index is 12.8. The lowest BCUT2D eigenvalue weighted by molar-refractivity contribution is -0.128. The number of hydrogen-bond donors (Lipinski definition) is 1. The summed E-state index contributed by atoms with van der Waals surface area (Å²) >= 11 is 8.60. The third-order valence-corrected chi connectivity index (χ3v) is 5.28. The zero-order valence-corrected chi connectivity index (χ0v) is 19.3. The number of rotatable bonds is 8.